The number of rotatable bonds is 10. The van der Waals surface area contributed by atoms with E-state index in [1.54, 1.807) is 30.3 Å². The number of phenols is 3. The van der Waals surface area contributed by atoms with Gasteiger partial charge in [0, 0.05) is 110 Å². The zero-order valence-electron chi connectivity index (χ0n) is 48.8. The fourth-order valence-corrected chi connectivity index (χ4v) is 15.6. The number of carbonyl (C=O) groups is 3. The standard InChI is InChI=1S/C72H74N4O10/c1-43(77)85-54-27-30-72-48-14-7-15-49(72)17-9-22-60(72)58-41-73-40-57(58)55(21-8-16-48)69(45-13-6-18-50(78)33-45)46-28-31-74-68(36-46)75(32-29-64(81)44-11-4-3-5-12-44)61-24-23-56-65(82)26-25-62-70(56)59(61)42-76(62)63(39-52(80)38-54)47-34-66(83)71(67(35-47)84-2)86-53-20-10-19-51(79)37-53/h6-7,9-10,13-15,18-20,22-24,28,33-37,40-42,44,49,54-55,60,63,65,69,73-74,78-79,82-83H,3-5,11-12,16-17,25-27,29-32,38-39H2,1-2H3/t49-,54-,55-,60-,63-,65-,69-,72-/m1/s1. The molecule has 2 aromatic heterocycles. The molecule has 0 amide bonds. The highest BCUT2D eigenvalue weighted by Crippen LogP contribution is 2.60. The van der Waals surface area contributed by atoms with E-state index in [0.717, 1.165) is 94.3 Å². The topological polar surface area (TPSA) is 196 Å². The molecule has 7 aliphatic rings. The molecule has 1 spiro atoms. The van der Waals surface area contributed by atoms with Crippen molar-refractivity contribution in [2.24, 2.45) is 17.3 Å². The number of Topliss-reactive ketones (excluding diaryl/α,β-unsaturated/α-hetero) is 2. The van der Waals surface area contributed by atoms with Crippen LogP contribution in [0.5, 0.6) is 34.5 Å². The minimum Gasteiger partial charge on any atom is -0.508 e. The molecular weight excluding hydrogens is 1080 g/mol. The average molecular weight is 1160 g/mol. The number of ketones is 2. The van der Waals surface area contributed by atoms with E-state index < -0.39 is 35.6 Å². The maximum Gasteiger partial charge on any atom is 0.302 e. The number of methoxy groups -OCH3 is 1. The lowest BCUT2D eigenvalue weighted by Gasteiger charge is -2.50. The van der Waals surface area contributed by atoms with Crippen molar-refractivity contribution in [2.75, 3.05) is 25.1 Å². The molecule has 13 rings (SSSR count). The molecule has 6 N–H and O–H groups in total. The van der Waals surface area contributed by atoms with Crippen molar-refractivity contribution in [1.82, 2.24) is 14.9 Å². The van der Waals surface area contributed by atoms with Crippen LogP contribution >= 0.6 is 0 Å². The summed E-state index contributed by atoms with van der Waals surface area (Å²) in [6.07, 6.45) is 28.6. The molecule has 442 valence electrons. The number of esters is 1. The number of nitrogens with one attached hydrogen (secondary N) is 2. The van der Waals surface area contributed by atoms with E-state index in [0.29, 0.717) is 50.8 Å². The molecule has 0 saturated heterocycles. The minimum absolute atomic E-state index is 0.0125. The fourth-order valence-electron chi connectivity index (χ4n) is 15.6. The zero-order chi connectivity index (χ0) is 59.2. The van der Waals surface area contributed by atoms with Crippen molar-refractivity contribution < 1.29 is 49.0 Å². The SMILES string of the molecule is COc1cc([C@H]2CC(=O)C[C@H](OC(C)=O)CC[C@@]34C5=CC=C[C@@H]3CC=C[C@@H]4c3c[nH]cc3[C@@H](C#CC5)[C@H](c3cccc(O)c3)C3=CCNC(=C3)N(CCC(=O)C3CCCCC3)c3ccc4c5c(n2cc35)CC[C@H]4O)cc(O)c1Oc1cccc(O)c1. The number of dihydropyridines is 1. The van der Waals surface area contributed by atoms with Crippen LogP contribution < -0.4 is 19.7 Å². The van der Waals surface area contributed by atoms with Gasteiger partial charge in [-0.2, -0.15) is 0 Å². The number of aromatic amines is 1. The molecule has 1 saturated carbocycles. The molecule has 14 heteroatoms. The third-order valence-electron chi connectivity index (χ3n) is 19.5. The molecule has 0 radical (unpaired) electrons. The first-order valence-electron chi connectivity index (χ1n) is 30.7. The Kier molecular flexibility index (Phi) is 15.5. The van der Waals surface area contributed by atoms with Crippen molar-refractivity contribution in [1.29, 1.82) is 0 Å². The van der Waals surface area contributed by atoms with Gasteiger partial charge in [0.05, 0.1) is 30.9 Å². The van der Waals surface area contributed by atoms with Crippen molar-refractivity contribution in [3.05, 3.63) is 184 Å². The van der Waals surface area contributed by atoms with Crippen LogP contribution in [0.2, 0.25) is 0 Å². The average Bonchev–Trinajstić information content (AvgIpc) is 1.46. The van der Waals surface area contributed by atoms with Gasteiger partial charge in [-0.25, -0.2) is 0 Å². The number of aromatic hydroxyl groups is 3. The third-order valence-corrected chi connectivity index (χ3v) is 19.5. The number of carbonyl (C=O) groups excluding carboxylic acids is 3. The smallest absolute Gasteiger partial charge is 0.302 e. The predicted molar refractivity (Wildman–Crippen MR) is 329 cm³/mol. The third kappa shape index (κ3) is 10.6. The fraction of sp³-hybridized carbons (Fsp3) is 0.375. The Labute approximate surface area is 501 Å². The number of hydrogen-bond acceptors (Lipinski definition) is 12. The molecule has 86 heavy (non-hydrogen) atoms. The second-order valence-corrected chi connectivity index (χ2v) is 24.5. The molecule has 0 unspecified atom stereocenters. The molecule has 6 bridgehead atoms. The molecule has 5 aliphatic carbocycles. The van der Waals surface area contributed by atoms with E-state index in [1.807, 2.05) is 24.3 Å². The zero-order valence-corrected chi connectivity index (χ0v) is 48.8. The van der Waals surface area contributed by atoms with Gasteiger partial charge in [-0.15, -0.1) is 0 Å². The summed E-state index contributed by atoms with van der Waals surface area (Å²) in [5, 5.41) is 51.1. The van der Waals surface area contributed by atoms with Gasteiger partial charge < -0.3 is 54.4 Å². The summed E-state index contributed by atoms with van der Waals surface area (Å²) in [7, 11) is 1.48. The maximum absolute atomic E-state index is 15.5. The summed E-state index contributed by atoms with van der Waals surface area (Å²) in [6, 6.07) is 20.4. The Balaban J connectivity index is 1.04. The monoisotopic (exact) mass is 1150 g/mol. The molecule has 14 nitrogen and oxygen atoms in total. The first kappa shape index (κ1) is 56.5. The lowest BCUT2D eigenvalue weighted by atomic mass is 9.53. The number of aliphatic hydroxyl groups excluding tert-OH is 1. The van der Waals surface area contributed by atoms with Gasteiger partial charge in [-0.05, 0) is 133 Å². The number of ether oxygens (including phenoxy) is 3. The normalized spacial score (nSPS) is 25.4. The number of hydrogen-bond donors (Lipinski definition) is 6. The Morgan fingerprint density at radius 1 is 0.884 bits per heavy atom. The van der Waals surface area contributed by atoms with E-state index >= 15 is 4.79 Å². The quantitative estimate of drug-likeness (QED) is 0.0432. The highest BCUT2D eigenvalue weighted by atomic mass is 16.5. The molecule has 4 heterocycles. The van der Waals surface area contributed by atoms with Gasteiger partial charge in [0.2, 0.25) is 5.75 Å². The van der Waals surface area contributed by atoms with Crippen molar-refractivity contribution >= 4 is 34.0 Å². The second kappa shape index (κ2) is 23.7. The summed E-state index contributed by atoms with van der Waals surface area (Å²) < 4.78 is 20.5. The number of aryl methyl sites for hydroxylation is 1. The van der Waals surface area contributed by atoms with Crippen LogP contribution in [-0.4, -0.2) is 73.8 Å². The lowest BCUT2D eigenvalue weighted by molar-refractivity contribution is -0.148. The van der Waals surface area contributed by atoms with Crippen LogP contribution in [0.3, 0.4) is 0 Å². The van der Waals surface area contributed by atoms with E-state index in [9.17, 15) is 30.0 Å². The van der Waals surface area contributed by atoms with Crippen LogP contribution in [0.15, 0.2) is 151 Å². The van der Waals surface area contributed by atoms with E-state index in [2.05, 4.69) is 98.8 Å². The molecular formula is C72H74N4O10. The van der Waals surface area contributed by atoms with Gasteiger partial charge >= 0.3 is 5.97 Å². The molecule has 6 aromatic rings. The summed E-state index contributed by atoms with van der Waals surface area (Å²) in [4.78, 5) is 49.0. The maximum atomic E-state index is 15.5. The van der Waals surface area contributed by atoms with Crippen molar-refractivity contribution in [3.8, 4) is 46.3 Å². The largest absolute Gasteiger partial charge is 0.508 e. The van der Waals surface area contributed by atoms with E-state index in [1.165, 1.54) is 31.7 Å². The van der Waals surface area contributed by atoms with Gasteiger partial charge in [-0.1, -0.05) is 97.4 Å². The Morgan fingerprint density at radius 2 is 1.71 bits per heavy atom. The highest BCUT2D eigenvalue weighted by molar-refractivity contribution is 6.00. The summed E-state index contributed by atoms with van der Waals surface area (Å²) >= 11 is 0. The molecule has 2 aliphatic heterocycles. The summed E-state index contributed by atoms with van der Waals surface area (Å²) in [6.45, 7) is 2.18. The number of nitrogens with zero attached hydrogens (tertiary/aromatic N) is 2. The number of phenolic OH excluding ortho intramolecular Hbond substituents is 3. The summed E-state index contributed by atoms with van der Waals surface area (Å²) in [5.41, 5.74) is 7.69. The van der Waals surface area contributed by atoms with Crippen molar-refractivity contribution in [2.45, 2.75) is 133 Å². The van der Waals surface area contributed by atoms with Crippen molar-refractivity contribution in [3.63, 3.8) is 0 Å². The molecule has 4 aromatic carbocycles. The Bertz CT molecular complexity index is 3880. The molecule has 1 fully saturated rings. The van der Waals surface area contributed by atoms with Gasteiger partial charge in [0.15, 0.2) is 11.5 Å². The second-order valence-electron chi connectivity index (χ2n) is 24.5. The van der Waals surface area contributed by atoms with Crippen LogP contribution in [0.25, 0.3) is 10.8 Å². The number of H-pyrrole nitrogens is 1. The summed E-state index contributed by atoms with van der Waals surface area (Å²) in [5.74, 6) is 7.45. The number of aromatic nitrogens is 2. The Morgan fingerprint density at radius 3 is 2.52 bits per heavy atom. The van der Waals surface area contributed by atoms with Gasteiger partial charge in [0.1, 0.15) is 40.7 Å². The number of allylic oxidation sites excluding steroid dienone is 8. The van der Waals surface area contributed by atoms with Crippen LogP contribution in [0, 0.1) is 29.1 Å². The minimum atomic E-state index is -0.791. The predicted octanol–water partition coefficient (Wildman–Crippen LogP) is 13.4. The highest BCUT2D eigenvalue weighted by Gasteiger charge is 2.51. The number of fused-ring (bicyclic) bond motifs is 3. The van der Waals surface area contributed by atoms with Gasteiger partial charge in [-0.3, -0.25) is 14.4 Å². The molecule has 8 atom stereocenters. The van der Waals surface area contributed by atoms with Crippen LogP contribution in [0.1, 0.15) is 154 Å². The first-order chi connectivity index (χ1) is 41.8. The number of aliphatic hydroxyl groups is 1. The van der Waals surface area contributed by atoms with Crippen LogP contribution in [-0.2, 0) is 25.5 Å². The van der Waals surface area contributed by atoms with Gasteiger partial charge in [0.25, 0.3) is 0 Å². The Hall–Kier alpha value is -8.67. The number of anilines is 1. The van der Waals surface area contributed by atoms with Crippen LogP contribution in [0.4, 0.5) is 5.69 Å². The van der Waals surface area contributed by atoms with E-state index in [-0.39, 0.29) is 89.0 Å². The lowest BCUT2D eigenvalue weighted by Crippen LogP contribution is -2.41. The first-order valence-corrected chi connectivity index (χ1v) is 30.7. The van der Waals surface area contributed by atoms with E-state index in [4.69, 9.17) is 14.2 Å². The number of benzene rings is 4.